The van der Waals surface area contributed by atoms with Crippen molar-refractivity contribution in [2.45, 2.75) is 46.1 Å². The maximum absolute atomic E-state index is 10.9. The zero-order chi connectivity index (χ0) is 13.7. The fraction of sp³-hybridized carbons (Fsp3) is 0.615. The SMILES string of the molecule is CCc1nc(C(C)OC)nc(CC)c1CC(=O)O. The average molecular weight is 252 g/mol. The van der Waals surface area contributed by atoms with Gasteiger partial charge in [-0.25, -0.2) is 9.97 Å². The maximum Gasteiger partial charge on any atom is 0.307 e. The predicted octanol–water partition coefficient (Wildman–Crippen LogP) is 1.94. The summed E-state index contributed by atoms with van der Waals surface area (Å²) < 4.78 is 5.21. The van der Waals surface area contributed by atoms with E-state index in [2.05, 4.69) is 9.97 Å². The van der Waals surface area contributed by atoms with Crippen LogP contribution in [0.3, 0.4) is 0 Å². The first kappa shape index (κ1) is 14.6. The van der Waals surface area contributed by atoms with Gasteiger partial charge in [-0.3, -0.25) is 4.79 Å². The Labute approximate surface area is 107 Å². The van der Waals surface area contributed by atoms with Crippen molar-refractivity contribution in [3.63, 3.8) is 0 Å². The van der Waals surface area contributed by atoms with Gasteiger partial charge in [-0.2, -0.15) is 0 Å². The summed E-state index contributed by atoms with van der Waals surface area (Å²) in [5.74, 6) is -0.226. The third-order valence-corrected chi connectivity index (χ3v) is 2.91. The van der Waals surface area contributed by atoms with E-state index in [0.29, 0.717) is 18.7 Å². The molecule has 18 heavy (non-hydrogen) atoms. The zero-order valence-corrected chi connectivity index (χ0v) is 11.4. The van der Waals surface area contributed by atoms with Crippen molar-refractivity contribution in [3.05, 3.63) is 22.8 Å². The molecule has 0 fully saturated rings. The van der Waals surface area contributed by atoms with E-state index in [1.54, 1.807) is 7.11 Å². The Bertz CT molecular complexity index is 407. The Balaban J connectivity index is 3.29. The summed E-state index contributed by atoms with van der Waals surface area (Å²) in [5, 5.41) is 8.95. The minimum absolute atomic E-state index is 0.0199. The summed E-state index contributed by atoms with van der Waals surface area (Å²) in [5.41, 5.74) is 2.37. The van der Waals surface area contributed by atoms with Crippen LogP contribution in [0.4, 0.5) is 0 Å². The first-order chi connectivity index (χ1) is 8.53. The van der Waals surface area contributed by atoms with Crippen molar-refractivity contribution in [3.8, 4) is 0 Å². The summed E-state index contributed by atoms with van der Waals surface area (Å²) in [6, 6.07) is 0. The van der Waals surface area contributed by atoms with Gasteiger partial charge in [0, 0.05) is 24.1 Å². The molecular weight excluding hydrogens is 232 g/mol. The Morgan fingerprint density at radius 2 is 1.78 bits per heavy atom. The molecule has 0 saturated carbocycles. The highest BCUT2D eigenvalue weighted by Crippen LogP contribution is 2.19. The lowest BCUT2D eigenvalue weighted by molar-refractivity contribution is -0.136. The normalized spacial score (nSPS) is 12.4. The molecule has 100 valence electrons. The second-order valence-corrected chi connectivity index (χ2v) is 4.11. The zero-order valence-electron chi connectivity index (χ0n) is 11.4. The summed E-state index contributed by atoms with van der Waals surface area (Å²) in [7, 11) is 1.61. The van der Waals surface area contributed by atoms with Gasteiger partial charge in [-0.15, -0.1) is 0 Å². The molecule has 1 heterocycles. The summed E-state index contributed by atoms with van der Waals surface area (Å²) in [6.07, 6.45) is 1.19. The summed E-state index contributed by atoms with van der Waals surface area (Å²) in [4.78, 5) is 19.7. The van der Waals surface area contributed by atoms with Crippen molar-refractivity contribution in [2.24, 2.45) is 0 Å². The molecule has 0 aliphatic rings. The smallest absolute Gasteiger partial charge is 0.307 e. The highest BCUT2D eigenvalue weighted by molar-refractivity contribution is 5.71. The minimum atomic E-state index is -0.851. The fourth-order valence-electron chi connectivity index (χ4n) is 1.83. The van der Waals surface area contributed by atoms with Gasteiger partial charge in [-0.05, 0) is 19.8 Å². The molecule has 5 heteroatoms. The number of hydrogen-bond acceptors (Lipinski definition) is 4. The van der Waals surface area contributed by atoms with Crippen molar-refractivity contribution < 1.29 is 14.6 Å². The topological polar surface area (TPSA) is 72.3 Å². The lowest BCUT2D eigenvalue weighted by Crippen LogP contribution is -2.14. The average Bonchev–Trinajstić information content (AvgIpc) is 2.37. The van der Waals surface area contributed by atoms with Gasteiger partial charge < -0.3 is 9.84 Å². The number of methoxy groups -OCH3 is 1. The Morgan fingerprint density at radius 3 is 2.11 bits per heavy atom. The van der Waals surface area contributed by atoms with Crippen molar-refractivity contribution in [2.75, 3.05) is 7.11 Å². The third kappa shape index (κ3) is 3.26. The number of ether oxygens (including phenoxy) is 1. The summed E-state index contributed by atoms with van der Waals surface area (Å²) >= 11 is 0. The molecule has 1 unspecified atom stereocenters. The largest absolute Gasteiger partial charge is 0.481 e. The molecule has 0 radical (unpaired) electrons. The van der Waals surface area contributed by atoms with E-state index in [1.165, 1.54) is 0 Å². The number of rotatable bonds is 6. The first-order valence-corrected chi connectivity index (χ1v) is 6.16. The summed E-state index contributed by atoms with van der Waals surface area (Å²) in [6.45, 7) is 5.81. The Hall–Kier alpha value is -1.49. The van der Waals surface area contributed by atoms with E-state index in [1.807, 2.05) is 20.8 Å². The van der Waals surface area contributed by atoms with Gasteiger partial charge >= 0.3 is 5.97 Å². The number of hydrogen-bond donors (Lipinski definition) is 1. The highest BCUT2D eigenvalue weighted by Gasteiger charge is 2.17. The molecule has 5 nitrogen and oxygen atoms in total. The quantitative estimate of drug-likeness (QED) is 0.837. The van der Waals surface area contributed by atoms with E-state index in [-0.39, 0.29) is 12.5 Å². The molecule has 0 bridgehead atoms. The molecule has 0 amide bonds. The van der Waals surface area contributed by atoms with Gasteiger partial charge in [0.2, 0.25) is 0 Å². The fourth-order valence-corrected chi connectivity index (χ4v) is 1.83. The van der Waals surface area contributed by atoms with Gasteiger partial charge in [0.25, 0.3) is 0 Å². The number of carboxylic acids is 1. The molecular formula is C13H20N2O3. The number of nitrogens with zero attached hydrogens (tertiary/aromatic N) is 2. The van der Waals surface area contributed by atoms with E-state index in [0.717, 1.165) is 17.0 Å². The standard InChI is InChI=1S/C13H20N2O3/c1-5-10-9(7-12(16)17)11(6-2)15-13(14-10)8(3)18-4/h8H,5-7H2,1-4H3,(H,16,17). The van der Waals surface area contributed by atoms with Crippen LogP contribution in [-0.2, 0) is 28.8 Å². The lowest BCUT2D eigenvalue weighted by atomic mass is 10.0. The number of carboxylic acid groups (broad SMARTS) is 1. The molecule has 1 rings (SSSR count). The lowest BCUT2D eigenvalue weighted by Gasteiger charge is -2.15. The van der Waals surface area contributed by atoms with E-state index < -0.39 is 5.97 Å². The van der Waals surface area contributed by atoms with Crippen LogP contribution in [0.1, 0.15) is 49.7 Å². The molecule has 1 atom stereocenters. The van der Waals surface area contributed by atoms with Crippen molar-refractivity contribution >= 4 is 5.97 Å². The molecule has 0 aromatic carbocycles. The number of carbonyl (C=O) groups is 1. The molecule has 1 aromatic heterocycles. The molecule has 0 aliphatic heterocycles. The Kier molecular flexibility index (Phi) is 5.22. The van der Waals surface area contributed by atoms with Gasteiger partial charge in [0.15, 0.2) is 5.82 Å². The molecule has 0 aliphatic carbocycles. The minimum Gasteiger partial charge on any atom is -0.481 e. The molecule has 0 spiro atoms. The van der Waals surface area contributed by atoms with Crippen LogP contribution in [0.5, 0.6) is 0 Å². The van der Waals surface area contributed by atoms with Crippen LogP contribution in [-0.4, -0.2) is 28.2 Å². The maximum atomic E-state index is 10.9. The highest BCUT2D eigenvalue weighted by atomic mass is 16.5. The van der Waals surface area contributed by atoms with Crippen molar-refractivity contribution in [1.29, 1.82) is 0 Å². The Morgan fingerprint density at radius 1 is 1.28 bits per heavy atom. The number of aliphatic carboxylic acids is 1. The van der Waals surface area contributed by atoms with E-state index >= 15 is 0 Å². The van der Waals surface area contributed by atoms with Crippen LogP contribution < -0.4 is 0 Å². The van der Waals surface area contributed by atoms with Crippen LogP contribution in [0.25, 0.3) is 0 Å². The molecule has 1 N–H and O–H groups in total. The molecule has 0 saturated heterocycles. The molecule has 1 aromatic rings. The number of aryl methyl sites for hydroxylation is 2. The van der Waals surface area contributed by atoms with Gasteiger partial charge in [0.1, 0.15) is 6.10 Å². The number of aromatic nitrogens is 2. The van der Waals surface area contributed by atoms with E-state index in [9.17, 15) is 4.79 Å². The van der Waals surface area contributed by atoms with Crippen molar-refractivity contribution in [1.82, 2.24) is 9.97 Å². The van der Waals surface area contributed by atoms with Crippen LogP contribution in [0.15, 0.2) is 0 Å². The predicted molar refractivity (Wildman–Crippen MR) is 67.6 cm³/mol. The second-order valence-electron chi connectivity index (χ2n) is 4.11. The first-order valence-electron chi connectivity index (χ1n) is 6.16. The second kappa shape index (κ2) is 6.44. The van der Waals surface area contributed by atoms with Crippen LogP contribution in [0.2, 0.25) is 0 Å². The third-order valence-electron chi connectivity index (χ3n) is 2.91. The van der Waals surface area contributed by atoms with Gasteiger partial charge in [0.05, 0.1) is 6.42 Å². The van der Waals surface area contributed by atoms with E-state index in [4.69, 9.17) is 9.84 Å². The van der Waals surface area contributed by atoms with Crippen LogP contribution in [0, 0.1) is 0 Å². The van der Waals surface area contributed by atoms with Crippen LogP contribution >= 0.6 is 0 Å². The monoisotopic (exact) mass is 252 g/mol. The van der Waals surface area contributed by atoms with Gasteiger partial charge in [-0.1, -0.05) is 13.8 Å².